The van der Waals surface area contributed by atoms with Crippen LogP contribution >= 0.6 is 0 Å². The third-order valence-corrected chi connectivity index (χ3v) is 3.44. The zero-order valence-corrected chi connectivity index (χ0v) is 13.1. The number of hydrogen-bond donors (Lipinski definition) is 0. The third kappa shape index (κ3) is 4.89. The van der Waals surface area contributed by atoms with Crippen molar-refractivity contribution in [3.05, 3.63) is 76.9 Å². The van der Waals surface area contributed by atoms with Gasteiger partial charge in [-0.15, -0.1) is 0 Å². The van der Waals surface area contributed by atoms with E-state index in [2.05, 4.69) is 0 Å². The van der Waals surface area contributed by atoms with Gasteiger partial charge in [-0.1, -0.05) is 18.2 Å². The van der Waals surface area contributed by atoms with Gasteiger partial charge in [0.2, 0.25) is 5.91 Å². The summed E-state index contributed by atoms with van der Waals surface area (Å²) in [5.74, 6) is -2.23. The fourth-order valence-corrected chi connectivity index (χ4v) is 2.15. The molecular weight excluding hydrogens is 341 g/mol. The average Bonchev–Trinajstić information content (AvgIpc) is 2.53. The Morgan fingerprint density at radius 3 is 2.28 bits per heavy atom. The Morgan fingerprint density at radius 2 is 1.68 bits per heavy atom. The molecule has 0 spiro atoms. The molecule has 25 heavy (non-hydrogen) atoms. The highest BCUT2D eigenvalue weighted by atomic mass is 19.4. The van der Waals surface area contributed by atoms with Crippen LogP contribution in [-0.2, 0) is 17.5 Å². The van der Waals surface area contributed by atoms with Crippen LogP contribution in [0.25, 0.3) is 6.08 Å². The molecule has 1 amide bonds. The van der Waals surface area contributed by atoms with Gasteiger partial charge in [-0.3, -0.25) is 4.79 Å². The molecule has 2 rings (SSSR count). The van der Waals surface area contributed by atoms with Crippen LogP contribution in [0.15, 0.2) is 48.5 Å². The van der Waals surface area contributed by atoms with E-state index in [0.717, 1.165) is 41.3 Å². The first-order valence-corrected chi connectivity index (χ1v) is 7.22. The summed E-state index contributed by atoms with van der Waals surface area (Å²) in [5, 5.41) is 0. The van der Waals surface area contributed by atoms with E-state index in [1.165, 1.54) is 25.2 Å². The van der Waals surface area contributed by atoms with E-state index in [1.807, 2.05) is 0 Å². The second-order valence-corrected chi connectivity index (χ2v) is 5.36. The fraction of sp³-hybridized carbons (Fsp3) is 0.167. The SMILES string of the molecule is CN(Cc1cccc(C(F)(F)F)c1)C(=O)/C=C/c1c(F)cccc1F. The Kier molecular flexibility index (Phi) is 5.56. The summed E-state index contributed by atoms with van der Waals surface area (Å²) < 4.78 is 65.0. The lowest BCUT2D eigenvalue weighted by molar-refractivity contribution is -0.137. The van der Waals surface area contributed by atoms with E-state index in [4.69, 9.17) is 0 Å². The summed E-state index contributed by atoms with van der Waals surface area (Å²) in [4.78, 5) is 13.1. The molecule has 0 aliphatic carbocycles. The monoisotopic (exact) mass is 355 g/mol. The number of amides is 1. The highest BCUT2D eigenvalue weighted by molar-refractivity contribution is 5.91. The number of halogens is 5. The first-order chi connectivity index (χ1) is 11.7. The maximum absolute atomic E-state index is 13.5. The molecule has 0 aliphatic heterocycles. The maximum Gasteiger partial charge on any atom is 0.416 e. The van der Waals surface area contributed by atoms with Gasteiger partial charge in [0.25, 0.3) is 0 Å². The lowest BCUT2D eigenvalue weighted by Gasteiger charge is -2.16. The van der Waals surface area contributed by atoms with Crippen molar-refractivity contribution in [3.8, 4) is 0 Å². The van der Waals surface area contributed by atoms with Gasteiger partial charge >= 0.3 is 6.18 Å². The highest BCUT2D eigenvalue weighted by Gasteiger charge is 2.30. The molecule has 0 heterocycles. The van der Waals surface area contributed by atoms with Gasteiger partial charge in [0.1, 0.15) is 11.6 Å². The van der Waals surface area contributed by atoms with Gasteiger partial charge in [-0.2, -0.15) is 13.2 Å². The molecule has 2 nitrogen and oxygen atoms in total. The highest BCUT2D eigenvalue weighted by Crippen LogP contribution is 2.29. The Hall–Kier alpha value is -2.70. The molecule has 0 aromatic heterocycles. The average molecular weight is 355 g/mol. The molecule has 0 saturated carbocycles. The minimum Gasteiger partial charge on any atom is -0.338 e. The molecule has 0 fully saturated rings. The van der Waals surface area contributed by atoms with Crippen molar-refractivity contribution < 1.29 is 26.7 Å². The molecule has 0 aliphatic rings. The van der Waals surface area contributed by atoms with Crippen LogP contribution in [0.1, 0.15) is 16.7 Å². The minimum absolute atomic E-state index is 0.0765. The van der Waals surface area contributed by atoms with Crippen LogP contribution in [-0.4, -0.2) is 17.9 Å². The van der Waals surface area contributed by atoms with Crippen LogP contribution in [0.4, 0.5) is 22.0 Å². The van der Waals surface area contributed by atoms with Crippen LogP contribution < -0.4 is 0 Å². The second kappa shape index (κ2) is 7.46. The zero-order chi connectivity index (χ0) is 18.6. The zero-order valence-electron chi connectivity index (χ0n) is 13.1. The molecule has 0 bridgehead atoms. The molecule has 2 aromatic rings. The summed E-state index contributed by atoms with van der Waals surface area (Å²) in [6.45, 7) is -0.0765. The number of benzene rings is 2. The van der Waals surface area contributed by atoms with Crippen molar-refractivity contribution in [1.82, 2.24) is 4.90 Å². The van der Waals surface area contributed by atoms with Gasteiger partial charge in [0.05, 0.1) is 5.56 Å². The second-order valence-electron chi connectivity index (χ2n) is 5.36. The van der Waals surface area contributed by atoms with Gasteiger partial charge in [0.15, 0.2) is 0 Å². The van der Waals surface area contributed by atoms with E-state index < -0.39 is 29.3 Å². The molecule has 0 saturated heterocycles. The standard InChI is InChI=1S/C18H14F5NO/c1-24(11-12-4-2-5-13(10-12)18(21,22)23)17(25)9-8-14-15(19)6-3-7-16(14)20/h2-10H,11H2,1H3/b9-8+. The normalized spacial score (nSPS) is 11.8. The van der Waals surface area contributed by atoms with E-state index in [0.29, 0.717) is 0 Å². The largest absolute Gasteiger partial charge is 0.416 e. The van der Waals surface area contributed by atoms with Crippen LogP contribution in [0, 0.1) is 11.6 Å². The van der Waals surface area contributed by atoms with Gasteiger partial charge < -0.3 is 4.90 Å². The topological polar surface area (TPSA) is 20.3 Å². The molecule has 7 heteroatoms. The van der Waals surface area contributed by atoms with E-state index in [9.17, 15) is 26.7 Å². The molecule has 0 atom stereocenters. The Bertz CT molecular complexity index is 778. The van der Waals surface area contributed by atoms with Gasteiger partial charge in [-0.05, 0) is 35.9 Å². The maximum atomic E-state index is 13.5. The first kappa shape index (κ1) is 18.6. The van der Waals surface area contributed by atoms with Crippen LogP contribution in [0.5, 0.6) is 0 Å². The summed E-state index contributed by atoms with van der Waals surface area (Å²) in [6.07, 6.45) is -2.51. The van der Waals surface area contributed by atoms with Crippen molar-refractivity contribution in [2.75, 3.05) is 7.05 Å². The molecule has 132 valence electrons. The predicted molar refractivity (Wildman–Crippen MR) is 83.3 cm³/mol. The molecular formula is C18H14F5NO. The van der Waals surface area contributed by atoms with Crippen molar-refractivity contribution in [2.45, 2.75) is 12.7 Å². The van der Waals surface area contributed by atoms with Crippen molar-refractivity contribution in [1.29, 1.82) is 0 Å². The Labute approximate surface area is 141 Å². The Morgan fingerprint density at radius 1 is 1.08 bits per heavy atom. The Balaban J connectivity index is 2.10. The molecule has 0 radical (unpaired) electrons. The number of carbonyl (C=O) groups excluding carboxylic acids is 1. The quantitative estimate of drug-likeness (QED) is 0.577. The van der Waals surface area contributed by atoms with Crippen molar-refractivity contribution in [3.63, 3.8) is 0 Å². The predicted octanol–water partition coefficient (Wildman–Crippen LogP) is 4.66. The van der Waals surface area contributed by atoms with Crippen molar-refractivity contribution in [2.24, 2.45) is 0 Å². The van der Waals surface area contributed by atoms with E-state index in [1.54, 1.807) is 0 Å². The van der Waals surface area contributed by atoms with Gasteiger partial charge in [-0.25, -0.2) is 8.78 Å². The minimum atomic E-state index is -4.47. The van der Waals surface area contributed by atoms with E-state index in [-0.39, 0.29) is 17.7 Å². The summed E-state index contributed by atoms with van der Waals surface area (Å²) in [7, 11) is 1.38. The fourth-order valence-electron chi connectivity index (χ4n) is 2.15. The van der Waals surface area contributed by atoms with Crippen LogP contribution in [0.2, 0.25) is 0 Å². The van der Waals surface area contributed by atoms with Crippen molar-refractivity contribution >= 4 is 12.0 Å². The first-order valence-electron chi connectivity index (χ1n) is 7.22. The van der Waals surface area contributed by atoms with Gasteiger partial charge in [0, 0.05) is 25.2 Å². The molecule has 0 unspecified atom stereocenters. The number of carbonyl (C=O) groups is 1. The summed E-state index contributed by atoms with van der Waals surface area (Å²) in [6, 6.07) is 7.90. The third-order valence-electron chi connectivity index (χ3n) is 3.44. The van der Waals surface area contributed by atoms with E-state index >= 15 is 0 Å². The smallest absolute Gasteiger partial charge is 0.338 e. The van der Waals surface area contributed by atoms with Crippen LogP contribution in [0.3, 0.4) is 0 Å². The number of hydrogen-bond acceptors (Lipinski definition) is 1. The summed E-state index contributed by atoms with van der Waals surface area (Å²) in [5.41, 5.74) is -0.880. The number of alkyl halides is 3. The lowest BCUT2D eigenvalue weighted by Crippen LogP contribution is -2.24. The number of likely N-dealkylation sites (N-methyl/N-ethyl adjacent to an activating group) is 1. The summed E-state index contributed by atoms with van der Waals surface area (Å²) >= 11 is 0. The lowest BCUT2D eigenvalue weighted by atomic mass is 10.1. The number of nitrogens with zero attached hydrogens (tertiary/aromatic N) is 1. The molecule has 2 aromatic carbocycles. The molecule has 0 N–H and O–H groups in total. The number of rotatable bonds is 4.